The summed E-state index contributed by atoms with van der Waals surface area (Å²) in [7, 11) is 0. The van der Waals surface area contributed by atoms with E-state index in [1.165, 1.54) is 13.0 Å². The van der Waals surface area contributed by atoms with Crippen LogP contribution < -0.4 is 5.73 Å². The van der Waals surface area contributed by atoms with Crippen molar-refractivity contribution in [3.05, 3.63) is 35.4 Å². The van der Waals surface area contributed by atoms with Gasteiger partial charge in [0.25, 0.3) is 0 Å². The van der Waals surface area contributed by atoms with E-state index in [1.54, 1.807) is 13.0 Å². The van der Waals surface area contributed by atoms with Crippen LogP contribution in [-0.4, -0.2) is 56.9 Å². The van der Waals surface area contributed by atoms with Gasteiger partial charge in [-0.05, 0) is 23.6 Å². The summed E-state index contributed by atoms with van der Waals surface area (Å²) in [4.78, 5) is 77.1. The second kappa shape index (κ2) is 7.69. The number of carbonyl (C=O) groups is 6. The number of hydrogen-bond donors (Lipinski definition) is 3. The SMILES string of the molecule is C=C1c2ccc(C)c(O)c2C(=O)C2C(=O)[C@]3(O)C(=O)C(C(N)=O)C(=O)C[C@@H]3[C@@H](OC(=O)CC)[C@H]12. The molecule has 10 heteroatoms. The predicted molar refractivity (Wildman–Crippen MR) is 114 cm³/mol. The average molecular weight is 469 g/mol. The lowest BCUT2D eigenvalue weighted by atomic mass is 9.51. The summed E-state index contributed by atoms with van der Waals surface area (Å²) in [6.07, 6.45) is -2.20. The Hall–Kier alpha value is -3.66. The van der Waals surface area contributed by atoms with E-state index < -0.39 is 76.8 Å². The van der Waals surface area contributed by atoms with Crippen molar-refractivity contribution in [3.8, 4) is 5.75 Å². The van der Waals surface area contributed by atoms with E-state index in [0.29, 0.717) is 5.56 Å². The number of rotatable bonds is 3. The lowest BCUT2D eigenvalue weighted by Crippen LogP contribution is -2.72. The Balaban J connectivity index is 1.97. The van der Waals surface area contributed by atoms with Gasteiger partial charge in [0.2, 0.25) is 5.91 Å². The van der Waals surface area contributed by atoms with Crippen LogP contribution in [0.2, 0.25) is 0 Å². The highest BCUT2D eigenvalue weighted by Crippen LogP contribution is 2.54. The standard InChI is InChI=1S/C24H23NO9/c1-4-13(27)34-20-11-7-12(26)16(23(25)32)21(30)24(11,33)22(31)17-14(20)9(3)10-6-5-8(2)18(28)15(10)19(17)29/h5-6,11,14,16-17,20,28,33H,3-4,7H2,1-2H3,(H2,25,32)/t11-,14-,16?,17?,20-,24-/m1/s1. The first-order chi connectivity index (χ1) is 15.9. The van der Waals surface area contributed by atoms with E-state index in [0.717, 1.165) is 0 Å². The summed E-state index contributed by atoms with van der Waals surface area (Å²) in [5.74, 6) is -13.5. The number of benzene rings is 1. The second-order valence-electron chi connectivity index (χ2n) is 8.96. The summed E-state index contributed by atoms with van der Waals surface area (Å²) in [6.45, 7) is 7.01. The highest BCUT2D eigenvalue weighted by atomic mass is 16.5. The number of esters is 1. The summed E-state index contributed by atoms with van der Waals surface area (Å²) >= 11 is 0. The Morgan fingerprint density at radius 3 is 2.44 bits per heavy atom. The molecule has 6 atom stereocenters. The lowest BCUT2D eigenvalue weighted by Gasteiger charge is -2.52. The zero-order valence-corrected chi connectivity index (χ0v) is 18.5. The van der Waals surface area contributed by atoms with E-state index in [9.17, 15) is 39.0 Å². The first-order valence-corrected chi connectivity index (χ1v) is 10.8. The van der Waals surface area contributed by atoms with Gasteiger partial charge in [0, 0.05) is 24.7 Å². The number of aryl methyl sites for hydroxylation is 1. The van der Waals surface area contributed by atoms with Gasteiger partial charge in [0.05, 0.1) is 11.5 Å². The van der Waals surface area contributed by atoms with E-state index in [2.05, 4.69) is 6.58 Å². The van der Waals surface area contributed by atoms with Gasteiger partial charge in [-0.1, -0.05) is 25.6 Å². The van der Waals surface area contributed by atoms with Gasteiger partial charge in [-0.25, -0.2) is 0 Å². The van der Waals surface area contributed by atoms with Crippen LogP contribution in [0.5, 0.6) is 5.75 Å². The Morgan fingerprint density at radius 1 is 1.21 bits per heavy atom. The molecule has 0 heterocycles. The number of nitrogens with two attached hydrogens (primary N) is 1. The molecule has 0 radical (unpaired) electrons. The van der Waals surface area contributed by atoms with Crippen LogP contribution in [0.4, 0.5) is 0 Å². The van der Waals surface area contributed by atoms with Crippen LogP contribution in [0.15, 0.2) is 18.7 Å². The Morgan fingerprint density at radius 2 is 1.85 bits per heavy atom. The fraction of sp³-hybridized carbons (Fsp3) is 0.417. The minimum atomic E-state index is -2.97. The minimum absolute atomic E-state index is 0.101. The first-order valence-electron chi connectivity index (χ1n) is 10.8. The van der Waals surface area contributed by atoms with Crippen LogP contribution in [-0.2, 0) is 28.7 Å². The highest BCUT2D eigenvalue weighted by Gasteiger charge is 2.70. The van der Waals surface area contributed by atoms with Crippen molar-refractivity contribution in [2.24, 2.45) is 29.4 Å². The molecular weight excluding hydrogens is 446 g/mol. The fourth-order valence-corrected chi connectivity index (χ4v) is 5.44. The Bertz CT molecular complexity index is 1220. The largest absolute Gasteiger partial charge is 0.507 e. The fourth-order valence-electron chi connectivity index (χ4n) is 5.44. The van der Waals surface area contributed by atoms with Crippen molar-refractivity contribution in [3.63, 3.8) is 0 Å². The number of carbonyl (C=O) groups excluding carboxylic acids is 6. The van der Waals surface area contributed by atoms with Crippen LogP contribution in [0.1, 0.15) is 41.3 Å². The maximum Gasteiger partial charge on any atom is 0.305 e. The number of phenolic OH excluding ortho intramolecular Hbond substituents is 1. The van der Waals surface area contributed by atoms with Crippen molar-refractivity contribution >= 4 is 40.6 Å². The molecule has 10 nitrogen and oxygen atoms in total. The van der Waals surface area contributed by atoms with Gasteiger partial charge >= 0.3 is 5.97 Å². The van der Waals surface area contributed by atoms with Crippen molar-refractivity contribution in [1.82, 2.24) is 0 Å². The lowest BCUT2D eigenvalue weighted by molar-refractivity contribution is -0.194. The van der Waals surface area contributed by atoms with Crippen LogP contribution in [0.25, 0.3) is 5.57 Å². The molecule has 1 aromatic rings. The number of phenols is 1. The smallest absolute Gasteiger partial charge is 0.305 e. The van der Waals surface area contributed by atoms with Gasteiger partial charge in [-0.2, -0.15) is 0 Å². The van der Waals surface area contributed by atoms with E-state index in [4.69, 9.17) is 10.5 Å². The number of amides is 1. The van der Waals surface area contributed by atoms with Crippen molar-refractivity contribution < 1.29 is 43.7 Å². The van der Waals surface area contributed by atoms with Crippen LogP contribution in [0, 0.1) is 30.6 Å². The van der Waals surface area contributed by atoms with Gasteiger partial charge in [-0.15, -0.1) is 0 Å². The van der Waals surface area contributed by atoms with Gasteiger partial charge in [0.1, 0.15) is 11.9 Å². The molecule has 1 amide bonds. The summed E-state index contributed by atoms with van der Waals surface area (Å²) in [6, 6.07) is 3.08. The Labute approximate surface area is 193 Å². The van der Waals surface area contributed by atoms with E-state index in [1.807, 2.05) is 0 Å². The molecule has 178 valence electrons. The molecule has 3 aliphatic rings. The molecule has 0 bridgehead atoms. The molecule has 1 aromatic carbocycles. The monoisotopic (exact) mass is 469 g/mol. The van der Waals surface area contributed by atoms with E-state index >= 15 is 0 Å². The van der Waals surface area contributed by atoms with Crippen molar-refractivity contribution in [2.45, 2.75) is 38.4 Å². The zero-order chi connectivity index (χ0) is 25.3. The average Bonchev–Trinajstić information content (AvgIpc) is 2.77. The molecule has 0 aromatic heterocycles. The first kappa shape index (κ1) is 23.5. The summed E-state index contributed by atoms with van der Waals surface area (Å²) in [5.41, 5.74) is 2.77. The van der Waals surface area contributed by atoms with Crippen LogP contribution in [0.3, 0.4) is 0 Å². The summed E-state index contributed by atoms with van der Waals surface area (Å²) < 4.78 is 5.53. The molecule has 3 aliphatic carbocycles. The topological polar surface area (TPSA) is 178 Å². The number of aliphatic hydroxyl groups is 1. The number of fused-ring (bicyclic) bond motifs is 3. The molecule has 0 aliphatic heterocycles. The number of aromatic hydroxyl groups is 1. The zero-order valence-electron chi connectivity index (χ0n) is 18.5. The third-order valence-corrected chi connectivity index (χ3v) is 7.18. The maximum absolute atomic E-state index is 13.6. The molecule has 0 spiro atoms. The Kier molecular flexibility index (Phi) is 5.32. The molecule has 4 N–H and O–H groups in total. The normalized spacial score (nSPS) is 32.6. The second-order valence-corrected chi connectivity index (χ2v) is 8.96. The van der Waals surface area contributed by atoms with Gasteiger partial charge < -0.3 is 20.7 Å². The maximum atomic E-state index is 13.6. The van der Waals surface area contributed by atoms with Crippen LogP contribution >= 0.6 is 0 Å². The predicted octanol–water partition coefficient (Wildman–Crippen LogP) is 0.0377. The number of hydrogen-bond acceptors (Lipinski definition) is 9. The summed E-state index contributed by atoms with van der Waals surface area (Å²) in [5, 5.41) is 22.0. The number of ether oxygens (including phenoxy) is 1. The molecular formula is C24H23NO9. The third kappa shape index (κ3) is 2.91. The molecule has 2 saturated carbocycles. The molecule has 2 fully saturated rings. The molecule has 34 heavy (non-hydrogen) atoms. The molecule has 4 rings (SSSR count). The van der Waals surface area contributed by atoms with Gasteiger partial charge in [-0.3, -0.25) is 28.8 Å². The number of ketones is 4. The highest BCUT2D eigenvalue weighted by molar-refractivity contribution is 6.32. The van der Waals surface area contributed by atoms with Gasteiger partial charge in [0.15, 0.2) is 34.7 Å². The third-order valence-electron chi connectivity index (χ3n) is 7.18. The quantitative estimate of drug-likeness (QED) is 0.407. The molecule has 2 unspecified atom stereocenters. The van der Waals surface area contributed by atoms with Crippen molar-refractivity contribution in [1.29, 1.82) is 0 Å². The number of primary amides is 1. The number of Topliss-reactive ketones (excluding diaryl/α,β-unsaturated/α-hetero) is 4. The minimum Gasteiger partial charge on any atom is -0.507 e. The molecule has 0 saturated heterocycles. The van der Waals surface area contributed by atoms with Crippen molar-refractivity contribution in [2.75, 3.05) is 0 Å². The van der Waals surface area contributed by atoms with E-state index in [-0.39, 0.29) is 28.9 Å².